The van der Waals surface area contributed by atoms with Gasteiger partial charge in [0.25, 0.3) is 0 Å². The Kier molecular flexibility index (Phi) is 5.15. The van der Waals surface area contributed by atoms with Crippen molar-refractivity contribution >= 4 is 28.9 Å². The molecule has 0 bridgehead atoms. The molecule has 96 valence electrons. The molecule has 0 unspecified atom stereocenters. The first-order valence-corrected chi connectivity index (χ1v) is 6.80. The molecule has 0 fully saturated rings. The molecule has 0 atom stereocenters. The molecule has 0 spiro atoms. The number of aryl methyl sites for hydroxylation is 1. The quantitative estimate of drug-likeness (QED) is 0.775. The van der Waals surface area contributed by atoms with Gasteiger partial charge in [0.05, 0.1) is 10.7 Å². The van der Waals surface area contributed by atoms with Crippen LogP contribution < -0.4 is 5.32 Å². The highest BCUT2D eigenvalue weighted by molar-refractivity contribution is 6.35. The third kappa shape index (κ3) is 3.79. The van der Waals surface area contributed by atoms with Gasteiger partial charge in [0.1, 0.15) is 0 Å². The predicted molar refractivity (Wildman–Crippen MR) is 78.3 cm³/mol. The van der Waals surface area contributed by atoms with Gasteiger partial charge in [0.2, 0.25) is 0 Å². The third-order valence-electron chi connectivity index (χ3n) is 3.01. The van der Waals surface area contributed by atoms with Crippen molar-refractivity contribution in [2.45, 2.75) is 40.7 Å². The zero-order valence-corrected chi connectivity index (χ0v) is 12.7. The first-order chi connectivity index (χ1) is 7.82. The molecule has 0 heterocycles. The summed E-state index contributed by atoms with van der Waals surface area (Å²) in [7, 11) is 0. The highest BCUT2D eigenvalue weighted by Gasteiger charge is 2.18. The topological polar surface area (TPSA) is 12.0 Å². The molecule has 1 aromatic carbocycles. The third-order valence-corrected chi connectivity index (χ3v) is 3.73. The molecule has 0 aliphatic rings. The minimum absolute atomic E-state index is 0.395. The van der Waals surface area contributed by atoms with Crippen LogP contribution in [0.5, 0.6) is 0 Å². The van der Waals surface area contributed by atoms with Crippen molar-refractivity contribution in [2.75, 3.05) is 5.32 Å². The maximum Gasteiger partial charge on any atom is 0.0641 e. The van der Waals surface area contributed by atoms with Crippen LogP contribution in [-0.4, -0.2) is 6.04 Å². The van der Waals surface area contributed by atoms with Crippen LogP contribution in [0.25, 0.3) is 0 Å². The van der Waals surface area contributed by atoms with E-state index in [1.54, 1.807) is 0 Å². The number of nitrogens with one attached hydrogen (secondary N) is 1. The van der Waals surface area contributed by atoms with E-state index in [2.05, 4.69) is 33.0 Å². The van der Waals surface area contributed by atoms with Gasteiger partial charge in [-0.15, -0.1) is 0 Å². The van der Waals surface area contributed by atoms with E-state index in [4.69, 9.17) is 23.2 Å². The summed E-state index contributed by atoms with van der Waals surface area (Å²) in [4.78, 5) is 0. The Morgan fingerprint density at radius 3 is 1.94 bits per heavy atom. The summed E-state index contributed by atoms with van der Waals surface area (Å²) in [6.45, 7) is 10.8. The van der Waals surface area contributed by atoms with E-state index in [0.717, 1.165) is 21.3 Å². The van der Waals surface area contributed by atoms with Crippen molar-refractivity contribution in [1.82, 2.24) is 0 Å². The lowest BCUT2D eigenvalue weighted by molar-refractivity contribution is 0.413. The van der Waals surface area contributed by atoms with Crippen LogP contribution >= 0.6 is 23.2 Å². The molecule has 0 aliphatic carbocycles. The zero-order chi connectivity index (χ0) is 13.2. The van der Waals surface area contributed by atoms with Crippen molar-refractivity contribution < 1.29 is 0 Å². The van der Waals surface area contributed by atoms with Gasteiger partial charge in [-0.3, -0.25) is 0 Å². The SMILES string of the molecule is Cc1cc(Cl)c(NC(C(C)C)C(C)C)cc1Cl. The van der Waals surface area contributed by atoms with Gasteiger partial charge in [-0.1, -0.05) is 50.9 Å². The van der Waals surface area contributed by atoms with Crippen LogP contribution in [0.4, 0.5) is 5.69 Å². The maximum atomic E-state index is 6.23. The lowest BCUT2D eigenvalue weighted by atomic mass is 9.93. The summed E-state index contributed by atoms with van der Waals surface area (Å²) in [6.07, 6.45) is 0. The Hall–Kier alpha value is -0.400. The molecule has 1 aromatic rings. The van der Waals surface area contributed by atoms with Gasteiger partial charge in [-0.05, 0) is 36.5 Å². The van der Waals surface area contributed by atoms with Gasteiger partial charge in [-0.2, -0.15) is 0 Å². The maximum absolute atomic E-state index is 6.23. The Labute approximate surface area is 115 Å². The van der Waals surface area contributed by atoms with Crippen LogP contribution in [0.2, 0.25) is 10.0 Å². The lowest BCUT2D eigenvalue weighted by Crippen LogP contribution is -2.31. The molecule has 0 aliphatic heterocycles. The average Bonchev–Trinajstić information content (AvgIpc) is 2.20. The molecule has 0 aromatic heterocycles. The molecule has 0 saturated heterocycles. The molecule has 1 N–H and O–H groups in total. The Balaban J connectivity index is 2.97. The highest BCUT2D eigenvalue weighted by atomic mass is 35.5. The van der Waals surface area contributed by atoms with Crippen LogP contribution in [-0.2, 0) is 0 Å². The fourth-order valence-corrected chi connectivity index (χ4v) is 2.48. The molecule has 17 heavy (non-hydrogen) atoms. The summed E-state index contributed by atoms with van der Waals surface area (Å²) >= 11 is 12.4. The van der Waals surface area contributed by atoms with E-state index in [9.17, 15) is 0 Å². The molecule has 0 radical (unpaired) electrons. The molecule has 3 heteroatoms. The van der Waals surface area contributed by atoms with Gasteiger partial charge in [0, 0.05) is 11.1 Å². The second-order valence-corrected chi connectivity index (χ2v) is 6.05. The van der Waals surface area contributed by atoms with Gasteiger partial charge >= 0.3 is 0 Å². The summed E-state index contributed by atoms with van der Waals surface area (Å²) in [5.74, 6) is 1.09. The monoisotopic (exact) mass is 273 g/mol. The number of rotatable bonds is 4. The average molecular weight is 274 g/mol. The number of anilines is 1. The van der Waals surface area contributed by atoms with Crippen LogP contribution in [0.15, 0.2) is 12.1 Å². The van der Waals surface area contributed by atoms with E-state index >= 15 is 0 Å². The van der Waals surface area contributed by atoms with Crippen molar-refractivity contribution in [2.24, 2.45) is 11.8 Å². The number of benzene rings is 1. The standard InChI is InChI=1S/C14H21Cl2N/c1-8(2)14(9(3)4)17-13-7-11(15)10(5)6-12(13)16/h6-9,14,17H,1-5H3. The van der Waals surface area contributed by atoms with Gasteiger partial charge in [-0.25, -0.2) is 0 Å². The van der Waals surface area contributed by atoms with E-state index < -0.39 is 0 Å². The molecule has 0 amide bonds. The Bertz CT molecular complexity index is 378. The minimum atomic E-state index is 0.395. The molecule has 0 saturated carbocycles. The second-order valence-electron chi connectivity index (χ2n) is 5.24. The van der Waals surface area contributed by atoms with Crippen LogP contribution in [0, 0.1) is 18.8 Å². The number of hydrogen-bond acceptors (Lipinski definition) is 1. The summed E-state index contributed by atoms with van der Waals surface area (Å²) in [5, 5.41) is 4.99. The number of halogens is 2. The van der Waals surface area contributed by atoms with Gasteiger partial charge < -0.3 is 5.32 Å². The normalized spacial score (nSPS) is 11.6. The fourth-order valence-electron chi connectivity index (χ4n) is 2.04. The largest absolute Gasteiger partial charge is 0.381 e. The summed E-state index contributed by atoms with van der Waals surface area (Å²) in [6, 6.07) is 4.22. The van der Waals surface area contributed by atoms with Crippen LogP contribution in [0.3, 0.4) is 0 Å². The predicted octanol–water partition coefficient (Wildman–Crippen LogP) is 5.39. The first kappa shape index (κ1) is 14.7. The van der Waals surface area contributed by atoms with E-state index in [1.807, 2.05) is 19.1 Å². The highest BCUT2D eigenvalue weighted by Crippen LogP contribution is 2.31. The summed E-state index contributed by atoms with van der Waals surface area (Å²) < 4.78 is 0. The van der Waals surface area contributed by atoms with E-state index in [0.29, 0.717) is 17.9 Å². The molecule has 1 nitrogen and oxygen atoms in total. The second kappa shape index (κ2) is 5.97. The smallest absolute Gasteiger partial charge is 0.0641 e. The zero-order valence-electron chi connectivity index (χ0n) is 11.1. The van der Waals surface area contributed by atoms with Crippen molar-refractivity contribution in [3.05, 3.63) is 27.7 Å². The minimum Gasteiger partial charge on any atom is -0.381 e. The molecule has 1 rings (SSSR count). The fraction of sp³-hybridized carbons (Fsp3) is 0.571. The van der Waals surface area contributed by atoms with Crippen LogP contribution in [0.1, 0.15) is 33.3 Å². The molecular formula is C14H21Cl2N. The van der Waals surface area contributed by atoms with E-state index in [-0.39, 0.29) is 0 Å². The Morgan fingerprint density at radius 1 is 0.941 bits per heavy atom. The van der Waals surface area contributed by atoms with Crippen molar-refractivity contribution in [3.8, 4) is 0 Å². The molecular weight excluding hydrogens is 253 g/mol. The van der Waals surface area contributed by atoms with Crippen molar-refractivity contribution in [3.63, 3.8) is 0 Å². The lowest BCUT2D eigenvalue weighted by Gasteiger charge is -2.28. The van der Waals surface area contributed by atoms with Gasteiger partial charge in [0.15, 0.2) is 0 Å². The first-order valence-electron chi connectivity index (χ1n) is 6.05. The van der Waals surface area contributed by atoms with E-state index in [1.165, 1.54) is 0 Å². The summed E-state index contributed by atoms with van der Waals surface area (Å²) in [5.41, 5.74) is 1.93. The Morgan fingerprint density at radius 2 is 1.47 bits per heavy atom. The number of hydrogen-bond donors (Lipinski definition) is 1. The van der Waals surface area contributed by atoms with Crippen molar-refractivity contribution in [1.29, 1.82) is 0 Å².